The van der Waals surface area contributed by atoms with Crippen LogP contribution in [0.15, 0.2) is 95.4 Å². The summed E-state index contributed by atoms with van der Waals surface area (Å²) in [6.45, 7) is 1.44. The molecule has 1 aliphatic rings. The Balaban J connectivity index is 1.40. The average molecular weight is 468 g/mol. The van der Waals surface area contributed by atoms with Crippen molar-refractivity contribution in [3.05, 3.63) is 108 Å². The molecule has 0 radical (unpaired) electrons. The molecule has 1 fully saturated rings. The number of amides is 4. The first kappa shape index (κ1) is 22.4. The Morgan fingerprint density at radius 2 is 1.63 bits per heavy atom. The molecule has 1 aliphatic heterocycles. The van der Waals surface area contributed by atoms with Gasteiger partial charge in [0, 0.05) is 5.39 Å². The summed E-state index contributed by atoms with van der Waals surface area (Å²) < 4.78 is 6.03. The predicted octanol–water partition coefficient (Wildman–Crippen LogP) is 4.50. The van der Waals surface area contributed by atoms with Crippen LogP contribution in [0.4, 0.5) is 4.79 Å². The van der Waals surface area contributed by atoms with Gasteiger partial charge in [0.2, 0.25) is 5.91 Å². The van der Waals surface area contributed by atoms with Crippen LogP contribution in [0.3, 0.4) is 0 Å². The van der Waals surface area contributed by atoms with Crippen LogP contribution in [0.25, 0.3) is 11.0 Å². The summed E-state index contributed by atoms with van der Waals surface area (Å²) in [5.41, 5.74) is 1.04. The molecule has 0 saturated carbocycles. The SMILES string of the molecule is CCC1(c2ccccc2)NC(=O)N(CC(=O)NC(c2ccccc2)c2cc3ccccc3o2)C1=O. The summed E-state index contributed by atoms with van der Waals surface area (Å²) in [6, 6.07) is 26.9. The van der Waals surface area contributed by atoms with Crippen molar-refractivity contribution >= 4 is 28.8 Å². The van der Waals surface area contributed by atoms with E-state index in [1.807, 2.05) is 85.8 Å². The van der Waals surface area contributed by atoms with E-state index in [2.05, 4.69) is 10.6 Å². The molecule has 0 aliphatic carbocycles. The quantitative estimate of drug-likeness (QED) is 0.392. The molecule has 4 aromatic rings. The highest BCUT2D eigenvalue weighted by molar-refractivity contribution is 6.09. The number of urea groups is 1. The van der Waals surface area contributed by atoms with E-state index in [1.165, 1.54) is 0 Å². The first-order chi connectivity index (χ1) is 17.0. The van der Waals surface area contributed by atoms with E-state index in [0.29, 0.717) is 23.3 Å². The van der Waals surface area contributed by atoms with Gasteiger partial charge in [-0.3, -0.25) is 14.5 Å². The van der Waals surface area contributed by atoms with E-state index in [9.17, 15) is 14.4 Å². The zero-order valence-electron chi connectivity index (χ0n) is 19.2. The molecule has 3 aromatic carbocycles. The first-order valence-electron chi connectivity index (χ1n) is 11.5. The standard InChI is InChI=1S/C28H25N3O4/c1-2-28(21-14-7-4-8-15-21)26(33)31(27(34)30-28)18-24(32)29-25(19-11-5-3-6-12-19)23-17-20-13-9-10-16-22(20)35-23/h3-17,25H,2,18H2,1H3,(H,29,32)(H,30,34). The number of para-hydroxylation sites is 1. The molecule has 0 bridgehead atoms. The Morgan fingerprint density at radius 1 is 0.971 bits per heavy atom. The number of furan rings is 1. The van der Waals surface area contributed by atoms with Crippen LogP contribution in [-0.2, 0) is 15.1 Å². The zero-order chi connectivity index (χ0) is 24.4. The number of carbonyl (C=O) groups is 3. The molecular weight excluding hydrogens is 442 g/mol. The summed E-state index contributed by atoms with van der Waals surface area (Å²) in [5.74, 6) is -0.343. The Bertz CT molecular complexity index is 1350. The van der Waals surface area contributed by atoms with Crippen molar-refractivity contribution in [3.63, 3.8) is 0 Å². The van der Waals surface area contributed by atoms with Gasteiger partial charge in [-0.1, -0.05) is 85.8 Å². The topological polar surface area (TPSA) is 91.7 Å². The molecule has 2 N–H and O–H groups in total. The van der Waals surface area contributed by atoms with Crippen LogP contribution in [0.2, 0.25) is 0 Å². The van der Waals surface area contributed by atoms with Crippen molar-refractivity contribution in [2.75, 3.05) is 6.54 Å². The van der Waals surface area contributed by atoms with Crippen LogP contribution in [-0.4, -0.2) is 29.3 Å². The van der Waals surface area contributed by atoms with Gasteiger partial charge in [-0.2, -0.15) is 0 Å². The first-order valence-corrected chi connectivity index (χ1v) is 11.5. The summed E-state index contributed by atoms with van der Waals surface area (Å²) in [5, 5.41) is 6.69. The fourth-order valence-corrected chi connectivity index (χ4v) is 4.59. The van der Waals surface area contributed by atoms with Gasteiger partial charge in [0.1, 0.15) is 29.5 Å². The molecule has 176 valence electrons. The number of carbonyl (C=O) groups excluding carboxylic acids is 3. The monoisotopic (exact) mass is 467 g/mol. The maximum Gasteiger partial charge on any atom is 0.325 e. The molecule has 1 saturated heterocycles. The van der Waals surface area contributed by atoms with Gasteiger partial charge < -0.3 is 15.1 Å². The van der Waals surface area contributed by atoms with E-state index in [1.54, 1.807) is 12.1 Å². The van der Waals surface area contributed by atoms with Crippen molar-refractivity contribution in [1.29, 1.82) is 0 Å². The van der Waals surface area contributed by atoms with Gasteiger partial charge in [-0.15, -0.1) is 0 Å². The Morgan fingerprint density at radius 3 is 2.31 bits per heavy atom. The third kappa shape index (κ3) is 4.05. The Kier molecular flexibility index (Phi) is 5.82. The van der Waals surface area contributed by atoms with Crippen molar-refractivity contribution < 1.29 is 18.8 Å². The molecule has 4 amide bonds. The molecule has 35 heavy (non-hydrogen) atoms. The van der Waals surface area contributed by atoms with Crippen molar-refractivity contribution in [1.82, 2.24) is 15.5 Å². The maximum atomic E-state index is 13.4. The number of nitrogens with zero attached hydrogens (tertiary/aromatic N) is 1. The average Bonchev–Trinajstić information content (AvgIpc) is 3.43. The summed E-state index contributed by atoms with van der Waals surface area (Å²) in [6.07, 6.45) is 0.366. The number of hydrogen-bond acceptors (Lipinski definition) is 4. The van der Waals surface area contributed by atoms with Crippen molar-refractivity contribution in [2.45, 2.75) is 24.9 Å². The van der Waals surface area contributed by atoms with Gasteiger partial charge in [0.25, 0.3) is 5.91 Å². The molecule has 2 atom stereocenters. The molecule has 0 spiro atoms. The fraction of sp³-hybridized carbons (Fsp3) is 0.179. The smallest absolute Gasteiger partial charge is 0.325 e. The van der Waals surface area contributed by atoms with E-state index in [4.69, 9.17) is 4.42 Å². The minimum absolute atomic E-state index is 0.366. The van der Waals surface area contributed by atoms with Gasteiger partial charge >= 0.3 is 6.03 Å². The fourth-order valence-electron chi connectivity index (χ4n) is 4.59. The van der Waals surface area contributed by atoms with Crippen LogP contribution < -0.4 is 10.6 Å². The predicted molar refractivity (Wildman–Crippen MR) is 131 cm³/mol. The summed E-state index contributed by atoms with van der Waals surface area (Å²) in [7, 11) is 0. The number of hydrogen-bond donors (Lipinski definition) is 2. The van der Waals surface area contributed by atoms with E-state index >= 15 is 0 Å². The van der Waals surface area contributed by atoms with Gasteiger partial charge in [-0.05, 0) is 29.7 Å². The van der Waals surface area contributed by atoms with Gasteiger partial charge in [-0.25, -0.2) is 4.79 Å². The van der Waals surface area contributed by atoms with Crippen LogP contribution >= 0.6 is 0 Å². The third-order valence-corrected chi connectivity index (χ3v) is 6.44. The Labute approximate surface area is 202 Å². The van der Waals surface area contributed by atoms with Crippen LogP contribution in [0.5, 0.6) is 0 Å². The number of rotatable bonds is 7. The second-order valence-corrected chi connectivity index (χ2v) is 8.54. The normalized spacial score (nSPS) is 18.5. The lowest BCUT2D eigenvalue weighted by atomic mass is 9.87. The molecule has 7 heteroatoms. The number of fused-ring (bicyclic) bond motifs is 1. The molecule has 7 nitrogen and oxygen atoms in total. The minimum Gasteiger partial charge on any atom is -0.459 e. The number of nitrogens with one attached hydrogen (secondary N) is 2. The molecule has 2 heterocycles. The van der Waals surface area contributed by atoms with Crippen LogP contribution in [0.1, 0.15) is 36.3 Å². The van der Waals surface area contributed by atoms with Gasteiger partial charge in [0.05, 0.1) is 0 Å². The Hall–Kier alpha value is -4.39. The van der Waals surface area contributed by atoms with Crippen LogP contribution in [0, 0.1) is 0 Å². The lowest BCUT2D eigenvalue weighted by molar-refractivity contribution is -0.135. The molecular formula is C28H25N3O4. The lowest BCUT2D eigenvalue weighted by Gasteiger charge is -2.25. The second kappa shape index (κ2) is 9.10. The molecule has 2 unspecified atom stereocenters. The van der Waals surface area contributed by atoms with E-state index in [-0.39, 0.29) is 0 Å². The largest absolute Gasteiger partial charge is 0.459 e. The lowest BCUT2D eigenvalue weighted by Crippen LogP contribution is -2.45. The summed E-state index contributed by atoms with van der Waals surface area (Å²) in [4.78, 5) is 40.3. The summed E-state index contributed by atoms with van der Waals surface area (Å²) >= 11 is 0. The maximum absolute atomic E-state index is 13.4. The second-order valence-electron chi connectivity index (χ2n) is 8.54. The molecule has 5 rings (SSSR count). The van der Waals surface area contributed by atoms with E-state index in [0.717, 1.165) is 15.8 Å². The number of benzene rings is 3. The van der Waals surface area contributed by atoms with Crippen molar-refractivity contribution in [2.24, 2.45) is 0 Å². The highest BCUT2D eigenvalue weighted by Crippen LogP contribution is 2.33. The zero-order valence-corrected chi connectivity index (χ0v) is 19.2. The highest BCUT2D eigenvalue weighted by atomic mass is 16.3. The highest BCUT2D eigenvalue weighted by Gasteiger charge is 2.51. The van der Waals surface area contributed by atoms with Crippen molar-refractivity contribution in [3.8, 4) is 0 Å². The number of imide groups is 1. The van der Waals surface area contributed by atoms with E-state index < -0.39 is 36.0 Å². The van der Waals surface area contributed by atoms with Gasteiger partial charge in [0.15, 0.2) is 0 Å². The third-order valence-electron chi connectivity index (χ3n) is 6.44. The molecule has 1 aromatic heterocycles. The minimum atomic E-state index is -1.18.